The fourth-order valence-electron chi connectivity index (χ4n) is 2.81. The lowest BCUT2D eigenvalue weighted by atomic mass is 10.1. The van der Waals surface area contributed by atoms with Crippen LogP contribution in [0.4, 0.5) is 14.5 Å². The van der Waals surface area contributed by atoms with Gasteiger partial charge in [-0.25, -0.2) is 13.5 Å². The maximum absolute atomic E-state index is 14.1. The summed E-state index contributed by atoms with van der Waals surface area (Å²) in [5, 5.41) is 6.89. The van der Waals surface area contributed by atoms with E-state index in [2.05, 4.69) is 10.4 Å². The molecule has 0 fully saturated rings. The second-order valence-corrected chi connectivity index (χ2v) is 6.84. The zero-order chi connectivity index (χ0) is 21.3. The standard InChI is InChI=1S/C20H17ClF2N4O2/c1-10-15(23)7-13(19(24)28)8-16(10)25-20(29)17-11(2)26-27(18(17)21)9-12-3-5-14(22)6-4-12/h3-8H,9H2,1-2H3,(H2,24,28)(H,25,29). The van der Waals surface area contributed by atoms with Crippen LogP contribution >= 0.6 is 11.6 Å². The van der Waals surface area contributed by atoms with Gasteiger partial charge in [0.15, 0.2) is 0 Å². The Balaban J connectivity index is 1.90. The number of aromatic nitrogens is 2. The molecule has 0 aliphatic carbocycles. The second kappa shape index (κ2) is 8.00. The molecule has 0 bridgehead atoms. The van der Waals surface area contributed by atoms with Gasteiger partial charge in [-0.2, -0.15) is 5.10 Å². The summed E-state index contributed by atoms with van der Waals surface area (Å²) in [6.45, 7) is 3.30. The van der Waals surface area contributed by atoms with Crippen molar-refractivity contribution in [3.8, 4) is 0 Å². The summed E-state index contributed by atoms with van der Waals surface area (Å²) in [4.78, 5) is 24.1. The van der Waals surface area contributed by atoms with Gasteiger partial charge in [-0.05, 0) is 43.7 Å². The number of primary amides is 1. The molecule has 0 radical (unpaired) electrons. The number of benzene rings is 2. The molecule has 9 heteroatoms. The van der Waals surface area contributed by atoms with Crippen molar-refractivity contribution in [3.05, 3.63) is 81.1 Å². The normalized spacial score (nSPS) is 10.8. The monoisotopic (exact) mass is 418 g/mol. The van der Waals surface area contributed by atoms with E-state index >= 15 is 0 Å². The largest absolute Gasteiger partial charge is 0.366 e. The van der Waals surface area contributed by atoms with Gasteiger partial charge >= 0.3 is 0 Å². The Labute approximate surface area is 170 Å². The predicted octanol–water partition coefficient (Wildman–Crippen LogP) is 3.83. The molecule has 0 aliphatic heterocycles. The van der Waals surface area contributed by atoms with E-state index in [9.17, 15) is 18.4 Å². The first kappa shape index (κ1) is 20.5. The van der Waals surface area contributed by atoms with Crippen LogP contribution in [0.3, 0.4) is 0 Å². The van der Waals surface area contributed by atoms with Crippen molar-refractivity contribution in [2.75, 3.05) is 5.32 Å². The van der Waals surface area contributed by atoms with E-state index in [1.54, 1.807) is 19.1 Å². The number of rotatable bonds is 5. The van der Waals surface area contributed by atoms with Gasteiger partial charge < -0.3 is 11.1 Å². The highest BCUT2D eigenvalue weighted by molar-refractivity contribution is 6.33. The molecule has 29 heavy (non-hydrogen) atoms. The summed E-state index contributed by atoms with van der Waals surface area (Å²) >= 11 is 6.34. The van der Waals surface area contributed by atoms with E-state index in [0.29, 0.717) is 5.69 Å². The summed E-state index contributed by atoms with van der Waals surface area (Å²) in [7, 11) is 0. The molecule has 3 rings (SSSR count). The molecule has 0 unspecified atom stereocenters. The number of anilines is 1. The molecular weight excluding hydrogens is 402 g/mol. The summed E-state index contributed by atoms with van der Waals surface area (Å²) in [5.41, 5.74) is 6.60. The highest BCUT2D eigenvalue weighted by atomic mass is 35.5. The number of halogens is 3. The number of carbonyl (C=O) groups excluding carboxylic acids is 2. The molecule has 2 aromatic carbocycles. The van der Waals surface area contributed by atoms with Crippen molar-refractivity contribution in [2.24, 2.45) is 5.73 Å². The quantitative estimate of drug-likeness (QED) is 0.659. The first-order valence-electron chi connectivity index (χ1n) is 8.56. The number of nitrogens with one attached hydrogen (secondary N) is 1. The molecule has 2 amide bonds. The van der Waals surface area contributed by atoms with Gasteiger partial charge in [-0.15, -0.1) is 0 Å². The van der Waals surface area contributed by atoms with E-state index in [-0.39, 0.29) is 39.9 Å². The lowest BCUT2D eigenvalue weighted by molar-refractivity contribution is 0.0995. The summed E-state index contributed by atoms with van der Waals surface area (Å²) in [5.74, 6) is -2.47. The number of carbonyl (C=O) groups is 2. The van der Waals surface area contributed by atoms with Crippen molar-refractivity contribution < 1.29 is 18.4 Å². The van der Waals surface area contributed by atoms with Crippen molar-refractivity contribution in [1.29, 1.82) is 0 Å². The van der Waals surface area contributed by atoms with E-state index in [4.69, 9.17) is 17.3 Å². The van der Waals surface area contributed by atoms with Crippen molar-refractivity contribution in [2.45, 2.75) is 20.4 Å². The highest BCUT2D eigenvalue weighted by Gasteiger charge is 2.22. The molecule has 1 heterocycles. The molecule has 150 valence electrons. The number of hydrogen-bond donors (Lipinski definition) is 2. The number of amides is 2. The predicted molar refractivity (Wildman–Crippen MR) is 105 cm³/mol. The number of aryl methyl sites for hydroxylation is 1. The minimum Gasteiger partial charge on any atom is -0.366 e. The summed E-state index contributed by atoms with van der Waals surface area (Å²) in [6, 6.07) is 8.11. The van der Waals surface area contributed by atoms with Gasteiger partial charge in [0.1, 0.15) is 16.8 Å². The first-order chi connectivity index (χ1) is 13.7. The summed E-state index contributed by atoms with van der Waals surface area (Å²) in [6.07, 6.45) is 0. The third-order valence-electron chi connectivity index (χ3n) is 4.42. The average molecular weight is 419 g/mol. The smallest absolute Gasteiger partial charge is 0.260 e. The molecule has 3 N–H and O–H groups in total. The van der Waals surface area contributed by atoms with E-state index in [1.807, 2.05) is 0 Å². The highest BCUT2D eigenvalue weighted by Crippen LogP contribution is 2.25. The minimum atomic E-state index is -0.819. The van der Waals surface area contributed by atoms with Crippen molar-refractivity contribution in [1.82, 2.24) is 9.78 Å². The van der Waals surface area contributed by atoms with Crippen LogP contribution in [0.25, 0.3) is 0 Å². The SMILES string of the molecule is Cc1nn(Cc2ccc(F)cc2)c(Cl)c1C(=O)Nc1cc(C(N)=O)cc(F)c1C. The van der Waals surface area contributed by atoms with Crippen LogP contribution in [0.2, 0.25) is 5.15 Å². The minimum absolute atomic E-state index is 0.0711. The lowest BCUT2D eigenvalue weighted by Crippen LogP contribution is -2.17. The number of nitrogens with two attached hydrogens (primary N) is 1. The first-order valence-corrected chi connectivity index (χ1v) is 8.93. The Hall–Kier alpha value is -3.26. The molecule has 6 nitrogen and oxygen atoms in total. The number of hydrogen-bond acceptors (Lipinski definition) is 3. The van der Waals surface area contributed by atoms with Crippen molar-refractivity contribution >= 4 is 29.1 Å². The fourth-order valence-corrected chi connectivity index (χ4v) is 3.13. The van der Waals surface area contributed by atoms with Gasteiger partial charge in [-0.3, -0.25) is 9.59 Å². The Morgan fingerprint density at radius 1 is 1.17 bits per heavy atom. The van der Waals surface area contributed by atoms with Crippen LogP contribution in [-0.4, -0.2) is 21.6 Å². The Morgan fingerprint density at radius 2 is 1.83 bits per heavy atom. The molecule has 0 aliphatic rings. The molecule has 0 saturated carbocycles. The third kappa shape index (κ3) is 4.27. The third-order valence-corrected chi connectivity index (χ3v) is 4.80. The molecular formula is C20H17ClF2N4O2. The van der Waals surface area contributed by atoms with E-state index < -0.39 is 17.6 Å². The number of nitrogens with zero attached hydrogens (tertiary/aromatic N) is 2. The van der Waals surface area contributed by atoms with E-state index in [0.717, 1.165) is 11.6 Å². The molecule has 0 saturated heterocycles. The maximum atomic E-state index is 14.1. The van der Waals surface area contributed by atoms with Gasteiger partial charge in [0, 0.05) is 16.8 Å². The van der Waals surface area contributed by atoms with Gasteiger partial charge in [0.2, 0.25) is 5.91 Å². The van der Waals surface area contributed by atoms with Gasteiger partial charge in [0.05, 0.1) is 17.8 Å². The van der Waals surface area contributed by atoms with Crippen molar-refractivity contribution in [3.63, 3.8) is 0 Å². The van der Waals surface area contributed by atoms with Crippen LogP contribution in [0, 0.1) is 25.5 Å². The molecule has 0 atom stereocenters. The van der Waals surface area contributed by atoms with E-state index in [1.165, 1.54) is 29.8 Å². The Bertz CT molecular complexity index is 1110. The van der Waals surface area contributed by atoms with Gasteiger partial charge in [-0.1, -0.05) is 23.7 Å². The lowest BCUT2D eigenvalue weighted by Gasteiger charge is -2.11. The van der Waals surface area contributed by atoms with Gasteiger partial charge in [0.25, 0.3) is 5.91 Å². The fraction of sp³-hybridized carbons (Fsp3) is 0.150. The van der Waals surface area contributed by atoms with Crippen LogP contribution in [0.15, 0.2) is 36.4 Å². The molecule has 0 spiro atoms. The van der Waals surface area contributed by atoms with Crippen LogP contribution in [0.5, 0.6) is 0 Å². The maximum Gasteiger partial charge on any atom is 0.260 e. The topological polar surface area (TPSA) is 90.0 Å². The van der Waals surface area contributed by atoms with Crippen LogP contribution in [0.1, 0.15) is 37.5 Å². The second-order valence-electron chi connectivity index (χ2n) is 6.48. The Morgan fingerprint density at radius 3 is 2.45 bits per heavy atom. The average Bonchev–Trinajstić information content (AvgIpc) is 2.93. The Kier molecular flexibility index (Phi) is 5.65. The van der Waals surface area contributed by atoms with Crippen LogP contribution < -0.4 is 11.1 Å². The van der Waals surface area contributed by atoms with Crippen LogP contribution in [-0.2, 0) is 6.54 Å². The zero-order valence-corrected chi connectivity index (χ0v) is 16.3. The molecule has 3 aromatic rings. The zero-order valence-electron chi connectivity index (χ0n) is 15.6. The summed E-state index contributed by atoms with van der Waals surface area (Å²) < 4.78 is 28.5. The molecule has 1 aromatic heterocycles.